The highest BCUT2D eigenvalue weighted by molar-refractivity contribution is 5.80. The maximum Gasteiger partial charge on any atom is 0.234 e. The van der Waals surface area contributed by atoms with Crippen LogP contribution in [0.2, 0.25) is 0 Å². The van der Waals surface area contributed by atoms with Gasteiger partial charge in [0.15, 0.2) is 0 Å². The van der Waals surface area contributed by atoms with Gasteiger partial charge >= 0.3 is 0 Å². The van der Waals surface area contributed by atoms with Crippen LogP contribution < -0.4 is 5.73 Å². The summed E-state index contributed by atoms with van der Waals surface area (Å²) in [6, 6.07) is 3.84. The number of carbonyl (C=O) groups is 1. The van der Waals surface area contributed by atoms with Crippen molar-refractivity contribution in [1.82, 2.24) is 9.47 Å². The highest BCUT2D eigenvalue weighted by Crippen LogP contribution is 2.22. The predicted octanol–water partition coefficient (Wildman–Crippen LogP) is 0.0997. The topological polar surface area (TPSA) is 60.5 Å². The number of ether oxygens (including phenoxy) is 1. The van der Waals surface area contributed by atoms with E-state index >= 15 is 0 Å². The molecular formula is C12H19N3O2. The Hall–Kier alpha value is -1.33. The number of methoxy groups -OCH3 is 1. The first kappa shape index (κ1) is 12.1. The number of aryl methyl sites for hydroxylation is 1. The van der Waals surface area contributed by atoms with Gasteiger partial charge in [0.05, 0.1) is 12.1 Å². The molecule has 2 atom stereocenters. The molecule has 0 aromatic carbocycles. The van der Waals surface area contributed by atoms with Crippen molar-refractivity contribution >= 4 is 5.91 Å². The molecule has 0 bridgehead atoms. The number of amides is 1. The summed E-state index contributed by atoms with van der Waals surface area (Å²) < 4.78 is 7.37. The SMILES string of the molecule is CO[C@H]1C[C@@H](C(N)=O)N(Cc2cccn2C)C1. The lowest BCUT2D eigenvalue weighted by molar-refractivity contribution is -0.122. The normalized spacial score (nSPS) is 25.3. The fourth-order valence-corrected chi connectivity index (χ4v) is 2.37. The average Bonchev–Trinajstić information content (AvgIpc) is 2.87. The number of primary amides is 1. The molecule has 0 saturated carbocycles. The molecule has 2 rings (SSSR count). The third-order valence-corrected chi connectivity index (χ3v) is 3.44. The maximum absolute atomic E-state index is 11.4. The molecule has 1 aliphatic heterocycles. The van der Waals surface area contributed by atoms with Crippen LogP contribution in [0.3, 0.4) is 0 Å². The summed E-state index contributed by atoms with van der Waals surface area (Å²) in [7, 11) is 3.67. The molecule has 0 unspecified atom stereocenters. The van der Waals surface area contributed by atoms with Crippen molar-refractivity contribution in [2.75, 3.05) is 13.7 Å². The summed E-state index contributed by atoms with van der Waals surface area (Å²) in [6.45, 7) is 1.49. The second kappa shape index (κ2) is 4.89. The van der Waals surface area contributed by atoms with Gasteiger partial charge in [0.2, 0.25) is 5.91 Å². The van der Waals surface area contributed by atoms with Gasteiger partial charge in [-0.05, 0) is 18.6 Å². The minimum Gasteiger partial charge on any atom is -0.380 e. The highest BCUT2D eigenvalue weighted by Gasteiger charge is 2.35. The van der Waals surface area contributed by atoms with Crippen molar-refractivity contribution < 1.29 is 9.53 Å². The van der Waals surface area contributed by atoms with Crippen molar-refractivity contribution in [3.63, 3.8) is 0 Å². The first-order chi connectivity index (χ1) is 8.11. The van der Waals surface area contributed by atoms with Gasteiger partial charge in [-0.3, -0.25) is 9.69 Å². The molecule has 1 saturated heterocycles. The molecule has 0 radical (unpaired) electrons. The summed E-state index contributed by atoms with van der Waals surface area (Å²) in [5, 5.41) is 0. The number of rotatable bonds is 4. The van der Waals surface area contributed by atoms with Gasteiger partial charge in [0.1, 0.15) is 0 Å². The molecule has 0 spiro atoms. The van der Waals surface area contributed by atoms with Crippen molar-refractivity contribution in [1.29, 1.82) is 0 Å². The lowest BCUT2D eigenvalue weighted by atomic mass is 10.2. The van der Waals surface area contributed by atoms with E-state index in [0.717, 1.165) is 13.1 Å². The zero-order valence-electron chi connectivity index (χ0n) is 10.3. The lowest BCUT2D eigenvalue weighted by Gasteiger charge is -2.21. The molecule has 94 valence electrons. The van der Waals surface area contributed by atoms with Crippen LogP contribution in [-0.2, 0) is 23.1 Å². The third kappa shape index (κ3) is 2.50. The summed E-state index contributed by atoms with van der Waals surface area (Å²) in [6.07, 6.45) is 2.79. The summed E-state index contributed by atoms with van der Waals surface area (Å²) in [4.78, 5) is 13.5. The Balaban J connectivity index is 2.08. The number of hydrogen-bond acceptors (Lipinski definition) is 3. The standard InChI is InChI=1S/C12H19N3O2/c1-14-5-3-4-9(14)7-15-8-10(17-2)6-11(15)12(13)16/h3-5,10-11H,6-8H2,1-2H3,(H2,13,16)/t10-,11-/m0/s1. The van der Waals surface area contributed by atoms with Crippen LogP contribution in [0.1, 0.15) is 12.1 Å². The van der Waals surface area contributed by atoms with Crippen LogP contribution in [0.25, 0.3) is 0 Å². The van der Waals surface area contributed by atoms with Crippen LogP contribution in [0, 0.1) is 0 Å². The second-order valence-electron chi connectivity index (χ2n) is 4.55. The van der Waals surface area contributed by atoms with Crippen LogP contribution >= 0.6 is 0 Å². The minimum absolute atomic E-state index is 0.104. The number of nitrogens with zero attached hydrogens (tertiary/aromatic N) is 2. The van der Waals surface area contributed by atoms with E-state index in [0.29, 0.717) is 6.42 Å². The number of carbonyl (C=O) groups excluding carboxylic acids is 1. The Kier molecular flexibility index (Phi) is 3.49. The second-order valence-corrected chi connectivity index (χ2v) is 4.55. The molecule has 1 aromatic heterocycles. The molecular weight excluding hydrogens is 218 g/mol. The molecule has 1 aromatic rings. The average molecular weight is 237 g/mol. The van der Waals surface area contributed by atoms with Crippen molar-refractivity contribution in [2.45, 2.75) is 25.1 Å². The van der Waals surface area contributed by atoms with Crippen LogP contribution in [0.4, 0.5) is 0 Å². The largest absolute Gasteiger partial charge is 0.380 e. The Labute approximate surface area is 101 Å². The fourth-order valence-electron chi connectivity index (χ4n) is 2.37. The Morgan fingerprint density at radius 2 is 2.41 bits per heavy atom. The van der Waals surface area contributed by atoms with Gasteiger partial charge in [-0.25, -0.2) is 0 Å². The van der Waals surface area contributed by atoms with Gasteiger partial charge in [0.25, 0.3) is 0 Å². The predicted molar refractivity (Wildman–Crippen MR) is 64.2 cm³/mol. The quantitative estimate of drug-likeness (QED) is 0.808. The zero-order valence-corrected chi connectivity index (χ0v) is 10.3. The van der Waals surface area contributed by atoms with Gasteiger partial charge < -0.3 is 15.0 Å². The van der Waals surface area contributed by atoms with Crippen molar-refractivity contribution in [3.8, 4) is 0 Å². The van der Waals surface area contributed by atoms with Crippen LogP contribution in [-0.4, -0.2) is 41.2 Å². The van der Waals surface area contributed by atoms with E-state index in [4.69, 9.17) is 10.5 Å². The molecule has 5 nitrogen and oxygen atoms in total. The van der Waals surface area contributed by atoms with E-state index in [-0.39, 0.29) is 18.1 Å². The summed E-state index contributed by atoms with van der Waals surface area (Å²) in [5.74, 6) is -0.265. The third-order valence-electron chi connectivity index (χ3n) is 3.44. The number of aromatic nitrogens is 1. The lowest BCUT2D eigenvalue weighted by Crippen LogP contribution is -2.40. The van der Waals surface area contributed by atoms with Gasteiger partial charge in [0, 0.05) is 39.1 Å². The Morgan fingerprint density at radius 3 is 2.94 bits per heavy atom. The molecule has 5 heteroatoms. The number of hydrogen-bond donors (Lipinski definition) is 1. The molecule has 1 fully saturated rings. The molecule has 17 heavy (non-hydrogen) atoms. The van der Waals surface area contributed by atoms with Gasteiger partial charge in [-0.2, -0.15) is 0 Å². The van der Waals surface area contributed by atoms with Crippen LogP contribution in [0.15, 0.2) is 18.3 Å². The highest BCUT2D eigenvalue weighted by atomic mass is 16.5. The summed E-state index contributed by atoms with van der Waals surface area (Å²) in [5.41, 5.74) is 6.60. The van der Waals surface area contributed by atoms with Crippen molar-refractivity contribution in [3.05, 3.63) is 24.0 Å². The zero-order chi connectivity index (χ0) is 12.4. The fraction of sp³-hybridized carbons (Fsp3) is 0.583. The monoisotopic (exact) mass is 237 g/mol. The first-order valence-corrected chi connectivity index (χ1v) is 5.78. The van der Waals surface area contributed by atoms with Crippen LogP contribution in [0.5, 0.6) is 0 Å². The summed E-state index contributed by atoms with van der Waals surface area (Å²) >= 11 is 0. The van der Waals surface area contributed by atoms with E-state index in [2.05, 4.69) is 15.5 Å². The van der Waals surface area contributed by atoms with E-state index in [1.54, 1.807) is 7.11 Å². The molecule has 2 N–H and O–H groups in total. The Morgan fingerprint density at radius 1 is 1.65 bits per heavy atom. The van der Waals surface area contributed by atoms with Crippen molar-refractivity contribution in [2.24, 2.45) is 12.8 Å². The maximum atomic E-state index is 11.4. The smallest absolute Gasteiger partial charge is 0.234 e. The van der Waals surface area contributed by atoms with E-state index in [9.17, 15) is 4.79 Å². The number of likely N-dealkylation sites (tertiary alicyclic amines) is 1. The first-order valence-electron chi connectivity index (χ1n) is 5.78. The molecule has 2 heterocycles. The molecule has 1 amide bonds. The molecule has 1 aliphatic rings. The van der Waals surface area contributed by atoms with E-state index in [1.807, 2.05) is 19.3 Å². The number of nitrogens with two attached hydrogens (primary N) is 1. The molecule has 0 aliphatic carbocycles. The van der Waals surface area contributed by atoms with Gasteiger partial charge in [-0.15, -0.1) is 0 Å². The minimum atomic E-state index is -0.265. The van der Waals surface area contributed by atoms with E-state index < -0.39 is 0 Å². The van der Waals surface area contributed by atoms with Gasteiger partial charge in [-0.1, -0.05) is 0 Å². The van der Waals surface area contributed by atoms with E-state index in [1.165, 1.54) is 5.69 Å². The Bertz CT molecular complexity index is 402.